The molecule has 3 atom stereocenters. The predicted octanol–water partition coefficient (Wildman–Crippen LogP) is 4.45. The Morgan fingerprint density at radius 2 is 1.63 bits per heavy atom. The van der Waals surface area contributed by atoms with Crippen molar-refractivity contribution < 1.29 is 14.0 Å². The average molecular weight is 536 g/mol. The molecule has 9 heteroatoms. The van der Waals surface area contributed by atoms with E-state index in [2.05, 4.69) is 20.2 Å². The van der Waals surface area contributed by atoms with Crippen molar-refractivity contribution in [3.8, 4) is 0 Å². The summed E-state index contributed by atoms with van der Waals surface area (Å²) in [5, 5.41) is 3.36. The first kappa shape index (κ1) is 26.3. The molecule has 0 radical (unpaired) electrons. The maximum absolute atomic E-state index is 14.3. The summed E-state index contributed by atoms with van der Waals surface area (Å²) in [6.45, 7) is 7.35. The minimum absolute atomic E-state index is 0.0401. The molecule has 0 saturated carbocycles. The van der Waals surface area contributed by atoms with Crippen LogP contribution < -0.4 is 5.32 Å². The number of rotatable bonds is 7. The van der Waals surface area contributed by atoms with Crippen LogP contribution in [0.4, 0.5) is 4.39 Å². The Bertz CT molecular complexity index is 1280. The second kappa shape index (κ2) is 11.2. The van der Waals surface area contributed by atoms with Crippen LogP contribution in [0, 0.1) is 31.5 Å². The van der Waals surface area contributed by atoms with Gasteiger partial charge in [-0.25, -0.2) is 14.4 Å². The van der Waals surface area contributed by atoms with Crippen LogP contribution in [0.15, 0.2) is 54.9 Å². The van der Waals surface area contributed by atoms with Gasteiger partial charge in [0, 0.05) is 32.7 Å². The van der Waals surface area contributed by atoms with Crippen molar-refractivity contribution >= 4 is 23.4 Å². The number of amides is 2. The molecule has 0 aliphatic carbocycles. The molecule has 2 amide bonds. The Hall–Kier alpha value is -3.36. The standard InChI is InChI=1S/C29H31ClFN5O2/c1-18-26(19(2)33-17-32-18)28(37)34-25(20-7-4-3-5-8-20)11-12-35-13-21-15-36(16-22(21)14-35)29(38)27-23(30)9-6-10-24(27)31/h3-10,17,21-22,25H,11-16H2,1-2H3,(H,34,37)/t21-,22?,25?/m0/s1. The van der Waals surface area contributed by atoms with E-state index in [0.29, 0.717) is 41.9 Å². The number of aryl methyl sites for hydroxylation is 2. The Morgan fingerprint density at radius 1 is 0.974 bits per heavy atom. The summed E-state index contributed by atoms with van der Waals surface area (Å²) in [6.07, 6.45) is 2.22. The number of carbonyl (C=O) groups excluding carboxylic acids is 2. The summed E-state index contributed by atoms with van der Waals surface area (Å²) in [7, 11) is 0. The van der Waals surface area contributed by atoms with E-state index in [9.17, 15) is 14.0 Å². The highest BCUT2D eigenvalue weighted by molar-refractivity contribution is 6.33. The van der Waals surface area contributed by atoms with Gasteiger partial charge in [-0.2, -0.15) is 0 Å². The molecule has 2 fully saturated rings. The maximum Gasteiger partial charge on any atom is 0.258 e. The molecule has 2 unspecified atom stereocenters. The van der Waals surface area contributed by atoms with Crippen molar-refractivity contribution in [2.75, 3.05) is 32.7 Å². The Morgan fingerprint density at radius 3 is 2.26 bits per heavy atom. The van der Waals surface area contributed by atoms with E-state index in [-0.39, 0.29) is 28.4 Å². The lowest BCUT2D eigenvalue weighted by Gasteiger charge is -2.25. The smallest absolute Gasteiger partial charge is 0.258 e. The summed E-state index contributed by atoms with van der Waals surface area (Å²) in [5.74, 6) is -0.421. The lowest BCUT2D eigenvalue weighted by molar-refractivity contribution is 0.0769. The van der Waals surface area contributed by atoms with Gasteiger partial charge in [0.05, 0.1) is 33.6 Å². The molecule has 7 nitrogen and oxygen atoms in total. The van der Waals surface area contributed by atoms with Crippen LogP contribution in [0.1, 0.15) is 50.1 Å². The third-order valence-corrected chi connectivity index (χ3v) is 8.04. The molecule has 1 N–H and O–H groups in total. The van der Waals surface area contributed by atoms with Gasteiger partial charge in [0.25, 0.3) is 11.8 Å². The van der Waals surface area contributed by atoms with Gasteiger partial charge in [-0.3, -0.25) is 9.59 Å². The van der Waals surface area contributed by atoms with E-state index in [1.165, 1.54) is 18.5 Å². The number of hydrogen-bond donors (Lipinski definition) is 1. The molecule has 3 heterocycles. The molecular formula is C29H31ClFN5O2. The van der Waals surface area contributed by atoms with Crippen molar-refractivity contribution in [3.05, 3.63) is 93.8 Å². The van der Waals surface area contributed by atoms with Crippen molar-refractivity contribution in [1.29, 1.82) is 0 Å². The van der Waals surface area contributed by atoms with Crippen molar-refractivity contribution in [3.63, 3.8) is 0 Å². The lowest BCUT2D eigenvalue weighted by atomic mass is 10.0. The van der Waals surface area contributed by atoms with E-state index in [4.69, 9.17) is 11.6 Å². The number of likely N-dealkylation sites (tertiary alicyclic amines) is 2. The van der Waals surface area contributed by atoms with Crippen LogP contribution in [-0.4, -0.2) is 64.3 Å². The quantitative estimate of drug-likeness (QED) is 0.483. The maximum atomic E-state index is 14.3. The van der Waals surface area contributed by atoms with Crippen molar-refractivity contribution in [2.24, 2.45) is 11.8 Å². The predicted molar refractivity (Wildman–Crippen MR) is 144 cm³/mol. The minimum Gasteiger partial charge on any atom is -0.345 e. The molecule has 2 saturated heterocycles. The monoisotopic (exact) mass is 535 g/mol. The highest BCUT2D eigenvalue weighted by atomic mass is 35.5. The SMILES string of the molecule is Cc1ncnc(C)c1C(=O)NC(CCN1CC2CN(C(=O)c3c(F)cccc3Cl)C[C@@H]2C1)c1ccccc1. The zero-order valence-corrected chi connectivity index (χ0v) is 22.3. The van der Waals surface area contributed by atoms with E-state index in [1.807, 2.05) is 44.2 Å². The van der Waals surface area contributed by atoms with Gasteiger partial charge in [0.1, 0.15) is 12.1 Å². The number of aromatic nitrogens is 2. The van der Waals surface area contributed by atoms with Gasteiger partial charge in [-0.15, -0.1) is 0 Å². The summed E-state index contributed by atoms with van der Waals surface area (Å²) in [6, 6.07) is 14.1. The van der Waals surface area contributed by atoms with E-state index in [1.54, 1.807) is 11.0 Å². The zero-order chi connectivity index (χ0) is 26.8. The third kappa shape index (κ3) is 5.42. The first-order valence-corrected chi connectivity index (χ1v) is 13.3. The third-order valence-electron chi connectivity index (χ3n) is 7.72. The Labute approximate surface area is 227 Å². The van der Waals surface area contributed by atoms with Crippen LogP contribution >= 0.6 is 11.6 Å². The van der Waals surface area contributed by atoms with E-state index in [0.717, 1.165) is 31.6 Å². The summed E-state index contributed by atoms with van der Waals surface area (Å²) < 4.78 is 14.3. The molecule has 0 bridgehead atoms. The van der Waals surface area contributed by atoms with Gasteiger partial charge < -0.3 is 15.1 Å². The second-order valence-corrected chi connectivity index (χ2v) is 10.6. The number of nitrogens with one attached hydrogen (secondary N) is 1. The van der Waals surface area contributed by atoms with E-state index < -0.39 is 5.82 Å². The van der Waals surface area contributed by atoms with E-state index >= 15 is 0 Å². The number of nitrogens with zero attached hydrogens (tertiary/aromatic N) is 4. The Balaban J connectivity index is 1.21. The molecule has 1 aromatic heterocycles. The molecule has 2 aromatic carbocycles. The van der Waals surface area contributed by atoms with Crippen LogP contribution in [0.2, 0.25) is 5.02 Å². The summed E-state index contributed by atoms with van der Waals surface area (Å²) in [4.78, 5) is 38.7. The zero-order valence-electron chi connectivity index (χ0n) is 21.5. The normalized spacial score (nSPS) is 19.8. The van der Waals surface area contributed by atoms with Crippen molar-refractivity contribution in [1.82, 2.24) is 25.1 Å². The van der Waals surface area contributed by atoms with Crippen LogP contribution in [0.3, 0.4) is 0 Å². The fourth-order valence-corrected chi connectivity index (χ4v) is 6.01. The van der Waals surface area contributed by atoms with Crippen molar-refractivity contribution in [2.45, 2.75) is 26.3 Å². The molecule has 38 heavy (non-hydrogen) atoms. The van der Waals surface area contributed by atoms with Gasteiger partial charge in [-0.05, 0) is 49.8 Å². The lowest BCUT2D eigenvalue weighted by Crippen LogP contribution is -2.36. The molecule has 2 aliphatic rings. The van der Waals surface area contributed by atoms with Gasteiger partial charge >= 0.3 is 0 Å². The minimum atomic E-state index is -0.581. The van der Waals surface area contributed by atoms with Crippen LogP contribution in [0.5, 0.6) is 0 Å². The Kier molecular flexibility index (Phi) is 7.72. The summed E-state index contributed by atoms with van der Waals surface area (Å²) >= 11 is 6.13. The van der Waals surface area contributed by atoms with Crippen LogP contribution in [0.25, 0.3) is 0 Å². The fraction of sp³-hybridized carbons (Fsp3) is 0.379. The molecule has 5 rings (SSSR count). The van der Waals surface area contributed by atoms with Crippen LogP contribution in [-0.2, 0) is 0 Å². The molecule has 2 aliphatic heterocycles. The first-order valence-electron chi connectivity index (χ1n) is 12.9. The number of halogens is 2. The summed E-state index contributed by atoms with van der Waals surface area (Å²) in [5.41, 5.74) is 2.84. The number of fused-ring (bicyclic) bond motifs is 1. The topological polar surface area (TPSA) is 78.4 Å². The second-order valence-electron chi connectivity index (χ2n) is 10.2. The number of carbonyl (C=O) groups is 2. The highest BCUT2D eigenvalue weighted by Gasteiger charge is 2.42. The molecule has 198 valence electrons. The average Bonchev–Trinajstić information content (AvgIpc) is 3.46. The number of hydrogen-bond acceptors (Lipinski definition) is 5. The molecular weight excluding hydrogens is 505 g/mol. The van der Waals surface area contributed by atoms with Gasteiger partial charge in [0.2, 0.25) is 0 Å². The first-order chi connectivity index (χ1) is 18.3. The highest BCUT2D eigenvalue weighted by Crippen LogP contribution is 2.34. The largest absolute Gasteiger partial charge is 0.345 e. The fourth-order valence-electron chi connectivity index (χ4n) is 5.77. The molecule has 0 spiro atoms. The molecule has 3 aromatic rings. The van der Waals surface area contributed by atoms with Gasteiger partial charge in [-0.1, -0.05) is 48.0 Å². The van der Waals surface area contributed by atoms with Gasteiger partial charge in [0.15, 0.2) is 0 Å². The number of benzene rings is 2.